The van der Waals surface area contributed by atoms with E-state index in [4.69, 9.17) is 0 Å². The summed E-state index contributed by atoms with van der Waals surface area (Å²) in [6.07, 6.45) is 0.668. The van der Waals surface area contributed by atoms with Gasteiger partial charge < -0.3 is 20.6 Å². The fraction of sp³-hybridized carbons (Fsp3) is 0.385. The second-order valence-corrected chi connectivity index (χ2v) is 4.99. The topological polar surface area (TPSA) is 72.7 Å². The Morgan fingerprint density at radius 1 is 1.12 bits per heavy atom. The highest BCUT2D eigenvalue weighted by Crippen LogP contribution is 2.36. The van der Waals surface area contributed by atoms with E-state index in [1.807, 2.05) is 26.0 Å². The van der Waals surface area contributed by atoms with Gasteiger partial charge in [-0.15, -0.1) is 0 Å². The minimum atomic E-state index is -0.498. The molecule has 2 rings (SSSR count). The van der Waals surface area contributed by atoms with E-state index < -0.39 is 5.41 Å². The molecule has 0 radical (unpaired) electrons. The van der Waals surface area contributed by atoms with Crippen molar-refractivity contribution in [3.8, 4) is 5.75 Å². The van der Waals surface area contributed by atoms with Crippen LogP contribution in [-0.4, -0.2) is 21.4 Å². The van der Waals surface area contributed by atoms with Crippen LogP contribution < -0.4 is 5.32 Å². The second-order valence-electron chi connectivity index (χ2n) is 4.99. The largest absolute Gasteiger partial charge is 0.508 e. The van der Waals surface area contributed by atoms with Crippen molar-refractivity contribution in [3.05, 3.63) is 41.5 Å². The number of phenols is 1. The summed E-state index contributed by atoms with van der Waals surface area (Å²) in [6, 6.07) is 6.86. The standard InChI is InChI=1S/C13H17NO3/c1-13(2)10(14-12(17)11(13)16)7-8-3-5-9(15)6-4-8/h3-6,10,14-17H,7H2,1-2H3. The number of aliphatic hydroxyl groups is 2. The molecule has 1 aliphatic heterocycles. The number of aliphatic hydroxyl groups excluding tert-OH is 2. The van der Waals surface area contributed by atoms with Crippen LogP contribution in [0.4, 0.5) is 0 Å². The first kappa shape index (κ1) is 11.6. The lowest BCUT2D eigenvalue weighted by Gasteiger charge is -2.26. The van der Waals surface area contributed by atoms with E-state index in [1.54, 1.807) is 12.1 Å². The van der Waals surface area contributed by atoms with Crippen LogP contribution in [0, 0.1) is 5.41 Å². The van der Waals surface area contributed by atoms with Crippen LogP contribution in [-0.2, 0) is 6.42 Å². The van der Waals surface area contributed by atoms with E-state index >= 15 is 0 Å². The Kier molecular flexibility index (Phi) is 2.65. The molecule has 4 heteroatoms. The molecule has 0 spiro atoms. The third-order valence-corrected chi connectivity index (χ3v) is 3.39. The predicted octanol–water partition coefficient (Wildman–Crippen LogP) is 2.22. The molecule has 1 atom stereocenters. The number of hydrogen-bond acceptors (Lipinski definition) is 4. The van der Waals surface area contributed by atoms with Crippen molar-refractivity contribution in [1.29, 1.82) is 0 Å². The zero-order chi connectivity index (χ0) is 12.6. The van der Waals surface area contributed by atoms with Crippen LogP contribution in [0.2, 0.25) is 0 Å². The smallest absolute Gasteiger partial charge is 0.224 e. The minimum absolute atomic E-state index is 0.00118. The Morgan fingerprint density at radius 2 is 1.71 bits per heavy atom. The van der Waals surface area contributed by atoms with Gasteiger partial charge in [0.1, 0.15) is 5.75 Å². The van der Waals surface area contributed by atoms with Gasteiger partial charge in [-0.25, -0.2) is 0 Å². The number of phenolic OH excluding ortho intramolecular Hbond substituents is 1. The summed E-state index contributed by atoms with van der Waals surface area (Å²) in [6.45, 7) is 3.76. The van der Waals surface area contributed by atoms with Gasteiger partial charge in [-0.1, -0.05) is 26.0 Å². The van der Waals surface area contributed by atoms with Gasteiger partial charge in [0.15, 0.2) is 5.76 Å². The highest BCUT2D eigenvalue weighted by Gasteiger charge is 2.42. The number of aromatic hydroxyl groups is 1. The van der Waals surface area contributed by atoms with Crippen LogP contribution in [0.15, 0.2) is 35.9 Å². The molecule has 0 saturated heterocycles. The Morgan fingerprint density at radius 3 is 2.18 bits per heavy atom. The van der Waals surface area contributed by atoms with Crippen LogP contribution in [0.5, 0.6) is 5.75 Å². The Bertz CT molecular complexity index is 448. The van der Waals surface area contributed by atoms with Gasteiger partial charge in [-0.3, -0.25) is 0 Å². The molecule has 1 aromatic rings. The van der Waals surface area contributed by atoms with Crippen molar-refractivity contribution < 1.29 is 15.3 Å². The summed E-state index contributed by atoms with van der Waals surface area (Å²) in [5, 5.41) is 31.3. The fourth-order valence-corrected chi connectivity index (χ4v) is 2.06. The zero-order valence-corrected chi connectivity index (χ0v) is 9.94. The molecular formula is C13H17NO3. The number of hydrogen-bond donors (Lipinski definition) is 4. The first-order valence-corrected chi connectivity index (χ1v) is 5.58. The number of benzene rings is 1. The molecule has 1 heterocycles. The molecule has 4 nitrogen and oxygen atoms in total. The van der Waals surface area contributed by atoms with Gasteiger partial charge in [0.25, 0.3) is 0 Å². The summed E-state index contributed by atoms with van der Waals surface area (Å²) in [4.78, 5) is 0. The quantitative estimate of drug-likeness (QED) is 0.634. The third-order valence-electron chi connectivity index (χ3n) is 3.39. The van der Waals surface area contributed by atoms with E-state index in [-0.39, 0.29) is 23.4 Å². The predicted molar refractivity (Wildman–Crippen MR) is 64.8 cm³/mol. The summed E-state index contributed by atoms with van der Waals surface area (Å²) < 4.78 is 0. The Balaban J connectivity index is 2.14. The van der Waals surface area contributed by atoms with Crippen molar-refractivity contribution in [1.82, 2.24) is 5.32 Å². The van der Waals surface area contributed by atoms with Crippen molar-refractivity contribution in [2.75, 3.05) is 0 Å². The molecule has 0 aromatic heterocycles. The van der Waals surface area contributed by atoms with Gasteiger partial charge in [0.2, 0.25) is 5.88 Å². The van der Waals surface area contributed by atoms with E-state index in [1.165, 1.54) is 0 Å². The summed E-state index contributed by atoms with van der Waals surface area (Å²) >= 11 is 0. The normalized spacial score (nSPS) is 22.6. The van der Waals surface area contributed by atoms with E-state index in [2.05, 4.69) is 5.32 Å². The Labute approximate surface area is 100 Å². The van der Waals surface area contributed by atoms with Crippen LogP contribution in [0.3, 0.4) is 0 Å². The molecule has 1 unspecified atom stereocenters. The van der Waals surface area contributed by atoms with Crippen molar-refractivity contribution in [3.63, 3.8) is 0 Å². The van der Waals surface area contributed by atoms with Gasteiger partial charge in [-0.05, 0) is 24.1 Å². The molecule has 17 heavy (non-hydrogen) atoms. The molecule has 92 valence electrons. The van der Waals surface area contributed by atoms with Gasteiger partial charge in [0, 0.05) is 11.5 Å². The third kappa shape index (κ3) is 2.02. The highest BCUT2D eigenvalue weighted by molar-refractivity contribution is 5.29. The maximum Gasteiger partial charge on any atom is 0.224 e. The zero-order valence-electron chi connectivity index (χ0n) is 9.94. The summed E-state index contributed by atoms with van der Waals surface area (Å²) in [7, 11) is 0. The molecule has 0 aliphatic carbocycles. The van der Waals surface area contributed by atoms with Crippen molar-refractivity contribution in [2.24, 2.45) is 5.41 Å². The molecule has 0 saturated carbocycles. The Hall–Kier alpha value is -1.84. The lowest BCUT2D eigenvalue weighted by atomic mass is 9.82. The van der Waals surface area contributed by atoms with Crippen LogP contribution in [0.25, 0.3) is 0 Å². The fourth-order valence-electron chi connectivity index (χ4n) is 2.06. The van der Waals surface area contributed by atoms with E-state index in [0.29, 0.717) is 6.42 Å². The maximum absolute atomic E-state index is 9.75. The SMILES string of the molecule is CC1(C)C(O)=C(O)NC1Cc1ccc(O)cc1. The van der Waals surface area contributed by atoms with Gasteiger partial charge in [0.05, 0.1) is 0 Å². The van der Waals surface area contributed by atoms with Gasteiger partial charge in [-0.2, -0.15) is 0 Å². The monoisotopic (exact) mass is 235 g/mol. The van der Waals surface area contributed by atoms with Crippen LogP contribution >= 0.6 is 0 Å². The number of rotatable bonds is 2. The molecule has 1 aliphatic rings. The maximum atomic E-state index is 9.75. The van der Waals surface area contributed by atoms with E-state index in [9.17, 15) is 15.3 Å². The molecule has 0 bridgehead atoms. The van der Waals surface area contributed by atoms with E-state index in [0.717, 1.165) is 5.56 Å². The molecule has 0 amide bonds. The number of nitrogens with one attached hydrogen (secondary N) is 1. The average molecular weight is 235 g/mol. The summed E-state index contributed by atoms with van der Waals surface area (Å²) in [5.74, 6) is 0.0938. The first-order valence-electron chi connectivity index (χ1n) is 5.58. The molecule has 0 fully saturated rings. The van der Waals surface area contributed by atoms with Crippen molar-refractivity contribution >= 4 is 0 Å². The first-order chi connectivity index (χ1) is 7.91. The molecule has 1 aromatic carbocycles. The molecular weight excluding hydrogens is 218 g/mol. The molecule has 4 N–H and O–H groups in total. The lowest BCUT2D eigenvalue weighted by Crippen LogP contribution is -2.37. The highest BCUT2D eigenvalue weighted by atomic mass is 16.3. The summed E-state index contributed by atoms with van der Waals surface area (Å²) in [5.41, 5.74) is 0.540. The lowest BCUT2D eigenvalue weighted by molar-refractivity contribution is 0.231. The van der Waals surface area contributed by atoms with Crippen LogP contribution in [0.1, 0.15) is 19.4 Å². The second kappa shape index (κ2) is 3.87. The van der Waals surface area contributed by atoms with Crippen molar-refractivity contribution in [2.45, 2.75) is 26.3 Å². The average Bonchev–Trinajstić information content (AvgIpc) is 2.46. The van der Waals surface area contributed by atoms with Gasteiger partial charge >= 0.3 is 0 Å². The minimum Gasteiger partial charge on any atom is -0.508 e.